The van der Waals surface area contributed by atoms with Gasteiger partial charge >= 0.3 is 0 Å². The van der Waals surface area contributed by atoms with Gasteiger partial charge in [-0.1, -0.05) is 13.0 Å². The minimum absolute atomic E-state index is 0.0469. The van der Waals surface area contributed by atoms with E-state index in [9.17, 15) is 9.90 Å². The molecule has 0 unspecified atom stereocenters. The van der Waals surface area contributed by atoms with Gasteiger partial charge in [0.05, 0.1) is 5.56 Å². The van der Waals surface area contributed by atoms with Crippen LogP contribution in [0, 0.1) is 12.8 Å². The van der Waals surface area contributed by atoms with Gasteiger partial charge in [-0.3, -0.25) is 4.79 Å². The third kappa shape index (κ3) is 2.60. The van der Waals surface area contributed by atoms with Crippen LogP contribution >= 0.6 is 0 Å². The lowest BCUT2D eigenvalue weighted by atomic mass is 9.98. The third-order valence-corrected chi connectivity index (χ3v) is 3.45. The first-order valence-corrected chi connectivity index (χ1v) is 6.17. The van der Waals surface area contributed by atoms with Gasteiger partial charge in [-0.25, -0.2) is 0 Å². The average molecular weight is 233 g/mol. The van der Waals surface area contributed by atoms with Crippen LogP contribution < -0.4 is 0 Å². The number of aryl methyl sites for hydroxylation is 1. The summed E-state index contributed by atoms with van der Waals surface area (Å²) >= 11 is 0. The van der Waals surface area contributed by atoms with Crippen molar-refractivity contribution in [1.29, 1.82) is 0 Å². The molecule has 1 N–H and O–H groups in total. The topological polar surface area (TPSA) is 40.5 Å². The molecule has 1 aromatic rings. The summed E-state index contributed by atoms with van der Waals surface area (Å²) in [6.07, 6.45) is 2.11. The number of phenols is 1. The number of phenolic OH excluding ortho intramolecular Hbond substituents is 1. The Bertz CT molecular complexity index is 420. The number of amides is 1. The van der Waals surface area contributed by atoms with Crippen LogP contribution in [-0.4, -0.2) is 29.0 Å². The van der Waals surface area contributed by atoms with Gasteiger partial charge in [0.25, 0.3) is 5.91 Å². The fourth-order valence-corrected chi connectivity index (χ4v) is 2.20. The molecule has 1 saturated heterocycles. The van der Waals surface area contributed by atoms with E-state index in [0.29, 0.717) is 11.5 Å². The number of hydrogen-bond acceptors (Lipinski definition) is 2. The van der Waals surface area contributed by atoms with Crippen molar-refractivity contribution < 1.29 is 9.90 Å². The fraction of sp³-hybridized carbons (Fsp3) is 0.500. The Labute approximate surface area is 102 Å². The summed E-state index contributed by atoms with van der Waals surface area (Å²) < 4.78 is 0. The largest absolute Gasteiger partial charge is 0.507 e. The van der Waals surface area contributed by atoms with Crippen molar-refractivity contribution in [3.63, 3.8) is 0 Å². The van der Waals surface area contributed by atoms with Gasteiger partial charge < -0.3 is 10.0 Å². The van der Waals surface area contributed by atoms with Crippen molar-refractivity contribution in [1.82, 2.24) is 4.90 Å². The number of aromatic hydroxyl groups is 1. The summed E-state index contributed by atoms with van der Waals surface area (Å²) in [5.74, 6) is 0.744. The molecule has 1 fully saturated rings. The van der Waals surface area contributed by atoms with E-state index in [0.717, 1.165) is 31.5 Å². The summed E-state index contributed by atoms with van der Waals surface area (Å²) in [5, 5.41) is 9.80. The lowest BCUT2D eigenvalue weighted by molar-refractivity contribution is 0.0694. The molecule has 0 saturated carbocycles. The lowest BCUT2D eigenvalue weighted by Crippen LogP contribution is -2.37. The summed E-state index contributed by atoms with van der Waals surface area (Å²) in [7, 11) is 0. The van der Waals surface area contributed by atoms with E-state index < -0.39 is 0 Å². The second-order valence-corrected chi connectivity index (χ2v) is 5.00. The molecule has 2 rings (SSSR count). The molecule has 3 nitrogen and oxygen atoms in total. The summed E-state index contributed by atoms with van der Waals surface area (Å²) in [5.41, 5.74) is 1.39. The van der Waals surface area contributed by atoms with Crippen molar-refractivity contribution in [3.8, 4) is 5.75 Å². The minimum atomic E-state index is -0.0469. The molecule has 0 aromatic heterocycles. The summed E-state index contributed by atoms with van der Waals surface area (Å²) in [4.78, 5) is 14.0. The van der Waals surface area contributed by atoms with Crippen molar-refractivity contribution >= 4 is 5.91 Å². The van der Waals surface area contributed by atoms with E-state index in [1.807, 2.05) is 17.9 Å². The molecule has 92 valence electrons. The van der Waals surface area contributed by atoms with Crippen LogP contribution in [0.4, 0.5) is 0 Å². The van der Waals surface area contributed by atoms with E-state index in [1.54, 1.807) is 12.1 Å². The van der Waals surface area contributed by atoms with Gasteiger partial charge in [0.2, 0.25) is 0 Å². The zero-order valence-corrected chi connectivity index (χ0v) is 10.4. The molecule has 0 atom stereocenters. The zero-order valence-electron chi connectivity index (χ0n) is 10.4. The lowest BCUT2D eigenvalue weighted by Gasteiger charge is -2.30. The predicted octanol–water partition coefficient (Wildman–Crippen LogP) is 2.57. The molecule has 0 spiro atoms. The highest BCUT2D eigenvalue weighted by atomic mass is 16.3. The number of carbonyl (C=O) groups is 1. The maximum atomic E-state index is 12.2. The molecular weight excluding hydrogens is 214 g/mol. The Kier molecular flexibility index (Phi) is 3.36. The van der Waals surface area contributed by atoms with Gasteiger partial charge in [-0.05, 0) is 43.4 Å². The molecule has 0 bridgehead atoms. The molecule has 1 heterocycles. The highest BCUT2D eigenvalue weighted by molar-refractivity contribution is 5.96. The Hall–Kier alpha value is -1.51. The Balaban J connectivity index is 2.14. The van der Waals surface area contributed by atoms with Gasteiger partial charge in [-0.2, -0.15) is 0 Å². The molecule has 3 heteroatoms. The van der Waals surface area contributed by atoms with Gasteiger partial charge in [0.15, 0.2) is 0 Å². The number of likely N-dealkylation sites (tertiary alicyclic amines) is 1. The molecule has 0 radical (unpaired) electrons. The summed E-state index contributed by atoms with van der Waals surface area (Å²) in [6.45, 7) is 5.71. The van der Waals surface area contributed by atoms with Crippen LogP contribution in [0.5, 0.6) is 5.75 Å². The molecule has 1 aliphatic rings. The second kappa shape index (κ2) is 4.78. The highest BCUT2D eigenvalue weighted by Gasteiger charge is 2.23. The zero-order chi connectivity index (χ0) is 12.4. The van der Waals surface area contributed by atoms with E-state index in [2.05, 4.69) is 6.92 Å². The van der Waals surface area contributed by atoms with Crippen molar-refractivity contribution in [3.05, 3.63) is 29.3 Å². The maximum Gasteiger partial charge on any atom is 0.257 e. The van der Waals surface area contributed by atoms with Crippen LogP contribution in [0.2, 0.25) is 0 Å². The molecule has 17 heavy (non-hydrogen) atoms. The predicted molar refractivity (Wildman–Crippen MR) is 67.1 cm³/mol. The van der Waals surface area contributed by atoms with Crippen LogP contribution in [0.15, 0.2) is 18.2 Å². The number of benzene rings is 1. The van der Waals surface area contributed by atoms with E-state index in [4.69, 9.17) is 0 Å². The number of carbonyl (C=O) groups excluding carboxylic acids is 1. The quantitative estimate of drug-likeness (QED) is 0.810. The van der Waals surface area contributed by atoms with Crippen molar-refractivity contribution in [2.45, 2.75) is 26.7 Å². The smallest absolute Gasteiger partial charge is 0.257 e. The van der Waals surface area contributed by atoms with Gasteiger partial charge in [0, 0.05) is 13.1 Å². The minimum Gasteiger partial charge on any atom is -0.507 e. The Morgan fingerprint density at radius 3 is 2.59 bits per heavy atom. The third-order valence-electron chi connectivity index (χ3n) is 3.45. The highest BCUT2D eigenvalue weighted by Crippen LogP contribution is 2.23. The SMILES string of the molecule is Cc1ccc(C(=O)N2CCC(C)CC2)c(O)c1. The van der Waals surface area contributed by atoms with E-state index >= 15 is 0 Å². The number of hydrogen-bond donors (Lipinski definition) is 1. The Morgan fingerprint density at radius 2 is 2.00 bits per heavy atom. The normalized spacial score (nSPS) is 17.2. The molecule has 1 aliphatic heterocycles. The van der Waals surface area contributed by atoms with E-state index in [1.165, 1.54) is 0 Å². The number of nitrogens with zero attached hydrogens (tertiary/aromatic N) is 1. The summed E-state index contributed by atoms with van der Waals surface area (Å²) in [6, 6.07) is 5.21. The molecular formula is C14H19NO2. The standard InChI is InChI=1S/C14H19NO2/c1-10-5-7-15(8-6-10)14(17)12-4-3-11(2)9-13(12)16/h3-4,9-10,16H,5-8H2,1-2H3. The van der Waals surface area contributed by atoms with Gasteiger partial charge in [0.1, 0.15) is 5.75 Å². The van der Waals surface area contributed by atoms with Crippen molar-refractivity contribution in [2.75, 3.05) is 13.1 Å². The van der Waals surface area contributed by atoms with Crippen LogP contribution in [0.3, 0.4) is 0 Å². The van der Waals surface area contributed by atoms with Crippen LogP contribution in [0.25, 0.3) is 0 Å². The Morgan fingerprint density at radius 1 is 1.35 bits per heavy atom. The molecule has 1 amide bonds. The van der Waals surface area contributed by atoms with Crippen LogP contribution in [-0.2, 0) is 0 Å². The van der Waals surface area contributed by atoms with Crippen molar-refractivity contribution in [2.24, 2.45) is 5.92 Å². The average Bonchev–Trinajstić information content (AvgIpc) is 2.29. The van der Waals surface area contributed by atoms with Crippen LogP contribution in [0.1, 0.15) is 35.7 Å². The monoisotopic (exact) mass is 233 g/mol. The fourth-order valence-electron chi connectivity index (χ4n) is 2.20. The first kappa shape index (κ1) is 12.0. The van der Waals surface area contributed by atoms with E-state index in [-0.39, 0.29) is 11.7 Å². The second-order valence-electron chi connectivity index (χ2n) is 5.00. The number of rotatable bonds is 1. The first-order chi connectivity index (χ1) is 8.08. The number of piperidine rings is 1. The molecule has 0 aliphatic carbocycles. The first-order valence-electron chi connectivity index (χ1n) is 6.17. The van der Waals surface area contributed by atoms with Gasteiger partial charge in [-0.15, -0.1) is 0 Å². The molecule has 1 aromatic carbocycles. The maximum absolute atomic E-state index is 12.2.